The van der Waals surface area contributed by atoms with E-state index in [9.17, 15) is 0 Å². The number of unbranched alkanes of at least 4 members (excludes halogenated alkanes) is 3. The van der Waals surface area contributed by atoms with Gasteiger partial charge in [-0.3, -0.25) is 0 Å². The SMILES string of the molecule is CCC[CH2][Sn]([CH2]CCC)([CH2]CCC)[c]1ncc(Cl)n1C. The van der Waals surface area contributed by atoms with E-state index in [-0.39, 0.29) is 0 Å². The number of hydrogen-bond donors (Lipinski definition) is 0. The summed E-state index contributed by atoms with van der Waals surface area (Å²) < 4.78 is 7.96. The first-order chi connectivity index (χ1) is 9.61. The van der Waals surface area contributed by atoms with Crippen molar-refractivity contribution in [3.8, 4) is 0 Å². The first kappa shape index (κ1) is 18.3. The number of aromatic nitrogens is 2. The van der Waals surface area contributed by atoms with Gasteiger partial charge in [0.2, 0.25) is 0 Å². The third kappa shape index (κ3) is 4.65. The van der Waals surface area contributed by atoms with Gasteiger partial charge in [-0.1, -0.05) is 0 Å². The van der Waals surface area contributed by atoms with Gasteiger partial charge >= 0.3 is 134 Å². The summed E-state index contributed by atoms with van der Waals surface area (Å²) in [6.45, 7) is 6.92. The van der Waals surface area contributed by atoms with Gasteiger partial charge in [0.1, 0.15) is 0 Å². The second-order valence-corrected chi connectivity index (χ2v) is 19.3. The van der Waals surface area contributed by atoms with Crippen LogP contribution in [0.15, 0.2) is 6.20 Å². The third-order valence-corrected chi connectivity index (χ3v) is 20.0. The predicted octanol–water partition coefficient (Wildman–Crippen LogP) is 5.13. The van der Waals surface area contributed by atoms with Crippen molar-refractivity contribution in [1.82, 2.24) is 9.55 Å². The summed E-state index contributed by atoms with van der Waals surface area (Å²) >= 11 is 3.90. The van der Waals surface area contributed by atoms with Crippen molar-refractivity contribution < 1.29 is 0 Å². The zero-order chi connectivity index (χ0) is 15.0. The molecule has 0 aliphatic carbocycles. The molecule has 0 atom stereocenters. The Morgan fingerprint density at radius 3 is 1.75 bits per heavy atom. The van der Waals surface area contributed by atoms with Gasteiger partial charge in [-0.05, 0) is 0 Å². The Morgan fingerprint density at radius 1 is 1.00 bits per heavy atom. The van der Waals surface area contributed by atoms with Gasteiger partial charge in [0.15, 0.2) is 0 Å². The molecule has 4 heteroatoms. The Hall–Kier alpha value is 0.299. The zero-order valence-electron chi connectivity index (χ0n) is 13.7. The normalized spacial score (nSPS) is 12.1. The standard InChI is InChI=1S/C4H4ClN2.3C4H9.Sn/c1-7-3-6-2-4(7)5;3*1-3-4-2;/h2H,1H3;3*1,3-4H2,2H3;. The zero-order valence-corrected chi connectivity index (χ0v) is 17.3. The van der Waals surface area contributed by atoms with Crippen molar-refractivity contribution in [3.63, 3.8) is 0 Å². The summed E-state index contributed by atoms with van der Waals surface area (Å²) in [5, 5.41) is 0.811. The molecule has 1 rings (SSSR count). The number of imidazole rings is 1. The molecular weight excluding hydrogens is 374 g/mol. The van der Waals surface area contributed by atoms with Crippen molar-refractivity contribution >= 4 is 33.8 Å². The molecule has 1 aromatic heterocycles. The number of nitrogens with zero attached hydrogens (tertiary/aromatic N) is 2. The Labute approximate surface area is 134 Å². The van der Waals surface area contributed by atoms with Gasteiger partial charge < -0.3 is 0 Å². The summed E-state index contributed by atoms with van der Waals surface area (Å²) in [5.74, 6) is 0. The second kappa shape index (κ2) is 9.34. The molecule has 0 fully saturated rings. The van der Waals surface area contributed by atoms with Gasteiger partial charge in [-0.2, -0.15) is 0 Å². The molecule has 20 heavy (non-hydrogen) atoms. The van der Waals surface area contributed by atoms with E-state index in [1.807, 2.05) is 6.20 Å². The fraction of sp³-hybridized carbons (Fsp3) is 0.812. The van der Waals surface area contributed by atoms with Crippen LogP contribution in [-0.4, -0.2) is 27.9 Å². The summed E-state index contributed by atoms with van der Waals surface area (Å²) in [4.78, 5) is 4.77. The molecule has 0 N–H and O–H groups in total. The summed E-state index contributed by atoms with van der Waals surface area (Å²) in [6.07, 6.45) is 9.88. The van der Waals surface area contributed by atoms with E-state index in [4.69, 9.17) is 16.6 Å². The van der Waals surface area contributed by atoms with Crippen molar-refractivity contribution in [2.24, 2.45) is 7.05 Å². The number of rotatable bonds is 10. The fourth-order valence-corrected chi connectivity index (χ4v) is 19.7. The molecule has 0 aliphatic heterocycles. The maximum absolute atomic E-state index is 6.27. The van der Waals surface area contributed by atoms with Gasteiger partial charge in [-0.25, -0.2) is 0 Å². The predicted molar refractivity (Wildman–Crippen MR) is 92.8 cm³/mol. The van der Waals surface area contributed by atoms with Crippen LogP contribution in [0.4, 0.5) is 0 Å². The topological polar surface area (TPSA) is 17.8 Å². The first-order valence-electron chi connectivity index (χ1n) is 8.29. The molecule has 1 aromatic rings. The molecule has 1 heterocycles. The van der Waals surface area contributed by atoms with E-state index in [1.165, 1.54) is 55.7 Å². The molecule has 0 spiro atoms. The molecule has 0 bridgehead atoms. The third-order valence-electron chi connectivity index (χ3n) is 4.43. The average molecular weight is 406 g/mol. The number of halogens is 1. The van der Waals surface area contributed by atoms with Crippen LogP contribution in [0.5, 0.6) is 0 Å². The van der Waals surface area contributed by atoms with Gasteiger partial charge in [0.05, 0.1) is 0 Å². The van der Waals surface area contributed by atoms with Crippen molar-refractivity contribution in [2.75, 3.05) is 0 Å². The van der Waals surface area contributed by atoms with Crippen molar-refractivity contribution in [1.29, 1.82) is 0 Å². The van der Waals surface area contributed by atoms with Crippen LogP contribution in [-0.2, 0) is 7.05 Å². The second-order valence-electron chi connectivity index (χ2n) is 6.05. The van der Waals surface area contributed by atoms with E-state index in [0.717, 1.165) is 5.15 Å². The molecule has 2 nitrogen and oxygen atoms in total. The van der Waals surface area contributed by atoms with Crippen molar-refractivity contribution in [2.45, 2.75) is 72.6 Å². The Bertz CT molecular complexity index is 368. The number of hydrogen-bond acceptors (Lipinski definition) is 1. The summed E-state index contributed by atoms with van der Waals surface area (Å²) in [5.41, 5.74) is 0. The van der Waals surface area contributed by atoms with Gasteiger partial charge in [0.25, 0.3) is 0 Å². The molecular formula is C16H31ClN2Sn. The molecule has 0 amide bonds. The minimum atomic E-state index is -2.37. The van der Waals surface area contributed by atoms with E-state index < -0.39 is 18.4 Å². The van der Waals surface area contributed by atoms with E-state index in [0.29, 0.717) is 0 Å². The van der Waals surface area contributed by atoms with Crippen LogP contribution in [0.2, 0.25) is 18.5 Å². The molecule has 0 radical (unpaired) electrons. The van der Waals surface area contributed by atoms with Gasteiger partial charge in [-0.15, -0.1) is 0 Å². The fourth-order valence-electron chi connectivity index (χ4n) is 3.14. The van der Waals surface area contributed by atoms with Crippen LogP contribution in [0, 0.1) is 0 Å². The van der Waals surface area contributed by atoms with Crippen LogP contribution in [0.3, 0.4) is 0 Å². The molecule has 116 valence electrons. The molecule has 0 saturated carbocycles. The minimum absolute atomic E-state index is 0.811. The monoisotopic (exact) mass is 406 g/mol. The van der Waals surface area contributed by atoms with Crippen LogP contribution >= 0.6 is 11.6 Å². The quantitative estimate of drug-likeness (QED) is 0.494. The summed E-state index contributed by atoms with van der Waals surface area (Å²) in [7, 11) is 2.11. The van der Waals surface area contributed by atoms with Crippen LogP contribution in [0.1, 0.15) is 59.3 Å². The van der Waals surface area contributed by atoms with Crippen molar-refractivity contribution in [3.05, 3.63) is 11.3 Å². The average Bonchev–Trinajstić information content (AvgIpc) is 2.79. The van der Waals surface area contributed by atoms with Gasteiger partial charge in [0, 0.05) is 0 Å². The Morgan fingerprint density at radius 2 is 1.45 bits per heavy atom. The van der Waals surface area contributed by atoms with Crippen LogP contribution < -0.4 is 3.84 Å². The van der Waals surface area contributed by atoms with Crippen LogP contribution in [0.25, 0.3) is 0 Å². The first-order valence-corrected chi connectivity index (χ1v) is 16.1. The maximum atomic E-state index is 6.27. The van der Waals surface area contributed by atoms with E-state index in [1.54, 1.807) is 0 Å². The summed E-state index contributed by atoms with van der Waals surface area (Å²) in [6, 6.07) is 0. The molecule has 0 aliphatic rings. The van der Waals surface area contributed by atoms with E-state index >= 15 is 0 Å². The van der Waals surface area contributed by atoms with E-state index in [2.05, 4.69) is 32.4 Å². The molecule has 0 aromatic carbocycles. The molecule has 0 unspecified atom stereocenters. The Kier molecular flexibility index (Phi) is 8.57. The Balaban J connectivity index is 3.08. The molecule has 0 saturated heterocycles.